The van der Waals surface area contributed by atoms with Crippen LogP contribution in [0.4, 0.5) is 36.3 Å². The molecule has 0 unspecified atom stereocenters. The lowest BCUT2D eigenvalue weighted by Gasteiger charge is -2.34. The summed E-state index contributed by atoms with van der Waals surface area (Å²) in [6.07, 6.45) is -0.0440. The SMILES string of the molecule is FC(F)(F)c1cc(N2CCC(Nc3ncc4c(n3)N(c3ccccc3)CCO4)CC2)ccn1. The smallest absolute Gasteiger partial charge is 0.433 e. The van der Waals surface area contributed by atoms with Crippen LogP contribution in [0.2, 0.25) is 0 Å². The number of ether oxygens (including phenoxy) is 1. The summed E-state index contributed by atoms with van der Waals surface area (Å²) >= 11 is 0. The van der Waals surface area contributed by atoms with Crippen molar-refractivity contribution in [3.8, 4) is 5.75 Å². The minimum absolute atomic E-state index is 0.123. The number of para-hydroxylation sites is 1. The zero-order chi connectivity index (χ0) is 22.8. The Morgan fingerprint density at radius 1 is 0.970 bits per heavy atom. The molecule has 5 rings (SSSR count). The van der Waals surface area contributed by atoms with Gasteiger partial charge in [-0.05, 0) is 37.1 Å². The lowest BCUT2D eigenvalue weighted by atomic mass is 10.0. The molecule has 1 aromatic carbocycles. The van der Waals surface area contributed by atoms with E-state index < -0.39 is 11.9 Å². The highest BCUT2D eigenvalue weighted by Gasteiger charge is 2.33. The van der Waals surface area contributed by atoms with E-state index in [1.165, 1.54) is 6.20 Å². The highest BCUT2D eigenvalue weighted by atomic mass is 19.4. The monoisotopic (exact) mass is 456 g/mol. The number of fused-ring (bicyclic) bond motifs is 1. The van der Waals surface area contributed by atoms with Crippen LogP contribution >= 0.6 is 0 Å². The van der Waals surface area contributed by atoms with Crippen molar-refractivity contribution in [2.75, 3.05) is 41.4 Å². The summed E-state index contributed by atoms with van der Waals surface area (Å²) in [5, 5.41) is 3.39. The predicted molar refractivity (Wildman–Crippen MR) is 119 cm³/mol. The van der Waals surface area contributed by atoms with Crippen molar-refractivity contribution < 1.29 is 17.9 Å². The molecule has 1 fully saturated rings. The fraction of sp³-hybridized carbons (Fsp3) is 0.348. The molecule has 1 N–H and O–H groups in total. The summed E-state index contributed by atoms with van der Waals surface area (Å²) in [7, 11) is 0. The highest BCUT2D eigenvalue weighted by molar-refractivity contribution is 5.67. The van der Waals surface area contributed by atoms with Crippen molar-refractivity contribution in [2.45, 2.75) is 25.1 Å². The van der Waals surface area contributed by atoms with Crippen molar-refractivity contribution in [2.24, 2.45) is 0 Å². The van der Waals surface area contributed by atoms with Gasteiger partial charge in [-0.2, -0.15) is 18.2 Å². The third-order valence-corrected chi connectivity index (χ3v) is 5.86. The first kappa shape index (κ1) is 21.3. The average Bonchev–Trinajstić information content (AvgIpc) is 2.84. The molecule has 0 atom stereocenters. The Balaban J connectivity index is 1.26. The molecule has 0 saturated carbocycles. The lowest BCUT2D eigenvalue weighted by Crippen LogP contribution is -2.39. The number of nitrogens with zero attached hydrogens (tertiary/aromatic N) is 5. The van der Waals surface area contributed by atoms with Crippen molar-refractivity contribution >= 4 is 23.1 Å². The van der Waals surface area contributed by atoms with E-state index >= 15 is 0 Å². The van der Waals surface area contributed by atoms with Crippen molar-refractivity contribution in [1.29, 1.82) is 0 Å². The number of anilines is 4. The first-order valence-electron chi connectivity index (χ1n) is 10.8. The molecule has 0 spiro atoms. The maximum atomic E-state index is 13.0. The second-order valence-electron chi connectivity index (χ2n) is 8.02. The molecule has 0 aliphatic carbocycles. The molecule has 0 radical (unpaired) electrons. The van der Waals surface area contributed by atoms with Gasteiger partial charge < -0.3 is 19.9 Å². The molecule has 0 amide bonds. The number of hydrogen-bond acceptors (Lipinski definition) is 7. The first-order valence-corrected chi connectivity index (χ1v) is 10.8. The lowest BCUT2D eigenvalue weighted by molar-refractivity contribution is -0.141. The summed E-state index contributed by atoms with van der Waals surface area (Å²) in [6.45, 7) is 2.51. The van der Waals surface area contributed by atoms with Gasteiger partial charge in [0.15, 0.2) is 11.6 Å². The molecule has 0 bridgehead atoms. The largest absolute Gasteiger partial charge is 0.486 e. The molecule has 172 valence electrons. The van der Waals surface area contributed by atoms with Crippen LogP contribution in [0.25, 0.3) is 0 Å². The van der Waals surface area contributed by atoms with E-state index in [0.29, 0.717) is 43.6 Å². The van der Waals surface area contributed by atoms with E-state index in [2.05, 4.69) is 20.2 Å². The molecule has 1 saturated heterocycles. The van der Waals surface area contributed by atoms with Gasteiger partial charge in [-0.15, -0.1) is 0 Å². The summed E-state index contributed by atoms with van der Waals surface area (Å²) in [5.74, 6) is 1.88. The Morgan fingerprint density at radius 2 is 1.76 bits per heavy atom. The maximum absolute atomic E-state index is 13.0. The summed E-state index contributed by atoms with van der Waals surface area (Å²) in [4.78, 5) is 16.6. The number of halogens is 3. The molecule has 4 heterocycles. The standard InChI is InChI=1S/C23H23F3N6O/c24-23(25,26)20-14-18(6-9-27-20)31-10-7-16(8-11-31)29-22-28-15-19-21(30-22)32(12-13-33-19)17-4-2-1-3-5-17/h1-6,9,14-16H,7-8,10-13H2,(H,28,29,30). The van der Waals surface area contributed by atoms with E-state index in [9.17, 15) is 13.2 Å². The van der Waals surface area contributed by atoms with E-state index in [0.717, 1.165) is 30.4 Å². The van der Waals surface area contributed by atoms with E-state index in [-0.39, 0.29) is 6.04 Å². The number of pyridine rings is 1. The van der Waals surface area contributed by atoms with Gasteiger partial charge in [0.2, 0.25) is 5.95 Å². The highest BCUT2D eigenvalue weighted by Crippen LogP contribution is 2.35. The maximum Gasteiger partial charge on any atom is 0.433 e. The van der Waals surface area contributed by atoms with E-state index in [1.807, 2.05) is 35.2 Å². The quantitative estimate of drug-likeness (QED) is 0.620. The van der Waals surface area contributed by atoms with Crippen LogP contribution in [0, 0.1) is 0 Å². The van der Waals surface area contributed by atoms with Gasteiger partial charge >= 0.3 is 6.18 Å². The minimum Gasteiger partial charge on any atom is -0.486 e. The number of nitrogens with one attached hydrogen (secondary N) is 1. The Bertz CT molecular complexity index is 1100. The molecule has 7 nitrogen and oxygen atoms in total. The van der Waals surface area contributed by atoms with Gasteiger partial charge in [0, 0.05) is 36.7 Å². The van der Waals surface area contributed by atoms with Crippen LogP contribution in [-0.4, -0.2) is 47.2 Å². The molecular formula is C23H23F3N6O. The predicted octanol–water partition coefficient (Wildman–Crippen LogP) is 4.50. The average molecular weight is 456 g/mol. The Labute approximate surface area is 189 Å². The van der Waals surface area contributed by atoms with Crippen LogP contribution in [-0.2, 0) is 6.18 Å². The number of rotatable bonds is 4. The van der Waals surface area contributed by atoms with E-state index in [4.69, 9.17) is 9.72 Å². The molecule has 10 heteroatoms. The summed E-state index contributed by atoms with van der Waals surface area (Å²) in [5.41, 5.74) is 0.708. The number of alkyl halides is 3. The Hall–Kier alpha value is -3.56. The van der Waals surface area contributed by atoms with E-state index in [1.54, 1.807) is 12.3 Å². The summed E-state index contributed by atoms with van der Waals surface area (Å²) < 4.78 is 44.7. The molecular weight excluding hydrogens is 433 g/mol. The molecule has 33 heavy (non-hydrogen) atoms. The third-order valence-electron chi connectivity index (χ3n) is 5.86. The molecule has 2 aliphatic rings. The fourth-order valence-corrected chi connectivity index (χ4v) is 4.17. The van der Waals surface area contributed by atoms with Crippen LogP contribution in [0.3, 0.4) is 0 Å². The molecule has 2 aromatic heterocycles. The first-order chi connectivity index (χ1) is 16.0. The number of hydrogen-bond donors (Lipinski definition) is 1. The van der Waals surface area contributed by atoms with Crippen molar-refractivity contribution in [3.05, 3.63) is 60.6 Å². The normalized spacial score (nSPS) is 16.8. The number of piperidine rings is 1. The van der Waals surface area contributed by atoms with Crippen LogP contribution < -0.4 is 19.9 Å². The van der Waals surface area contributed by atoms with Gasteiger partial charge in [-0.1, -0.05) is 18.2 Å². The zero-order valence-electron chi connectivity index (χ0n) is 17.8. The molecule has 3 aromatic rings. The fourth-order valence-electron chi connectivity index (χ4n) is 4.17. The minimum atomic E-state index is -4.45. The second-order valence-corrected chi connectivity index (χ2v) is 8.02. The van der Waals surface area contributed by atoms with Crippen LogP contribution in [0.1, 0.15) is 18.5 Å². The van der Waals surface area contributed by atoms with Crippen LogP contribution in [0.15, 0.2) is 54.9 Å². The van der Waals surface area contributed by atoms with Gasteiger partial charge in [0.1, 0.15) is 12.3 Å². The van der Waals surface area contributed by atoms with Crippen molar-refractivity contribution in [1.82, 2.24) is 15.0 Å². The Morgan fingerprint density at radius 3 is 2.52 bits per heavy atom. The third kappa shape index (κ3) is 4.64. The number of aromatic nitrogens is 3. The van der Waals surface area contributed by atoms with Crippen LogP contribution in [0.5, 0.6) is 5.75 Å². The topological polar surface area (TPSA) is 66.4 Å². The second kappa shape index (κ2) is 8.76. The molecule has 2 aliphatic heterocycles. The zero-order valence-corrected chi connectivity index (χ0v) is 17.8. The van der Waals surface area contributed by atoms with Gasteiger partial charge in [0.25, 0.3) is 0 Å². The number of benzene rings is 1. The van der Waals surface area contributed by atoms with Crippen molar-refractivity contribution in [3.63, 3.8) is 0 Å². The Kier molecular flexibility index (Phi) is 5.65. The van der Waals surface area contributed by atoms with Gasteiger partial charge in [-0.3, -0.25) is 4.98 Å². The summed E-state index contributed by atoms with van der Waals surface area (Å²) in [6, 6.07) is 12.9. The van der Waals surface area contributed by atoms with Gasteiger partial charge in [0.05, 0.1) is 12.7 Å². The van der Waals surface area contributed by atoms with Gasteiger partial charge in [-0.25, -0.2) is 4.98 Å².